The number of pyridine rings is 1. The highest BCUT2D eigenvalue weighted by Gasteiger charge is 2.26. The van der Waals surface area contributed by atoms with E-state index in [1.165, 1.54) is 17.8 Å². The van der Waals surface area contributed by atoms with Gasteiger partial charge in [-0.1, -0.05) is 36.0 Å². The third kappa shape index (κ3) is 3.69. The topological polar surface area (TPSA) is 93.4 Å². The van der Waals surface area contributed by atoms with Crippen molar-refractivity contribution in [3.8, 4) is 0 Å². The van der Waals surface area contributed by atoms with Crippen molar-refractivity contribution in [3.63, 3.8) is 0 Å². The summed E-state index contributed by atoms with van der Waals surface area (Å²) in [6, 6.07) is 16.4. The van der Waals surface area contributed by atoms with Gasteiger partial charge in [0, 0.05) is 17.6 Å². The smallest absolute Gasteiger partial charge is 0.238 e. The van der Waals surface area contributed by atoms with Gasteiger partial charge in [-0.3, -0.25) is 4.79 Å². The highest BCUT2D eigenvalue weighted by Crippen LogP contribution is 2.31. The normalized spacial score (nSPS) is 13.7. The summed E-state index contributed by atoms with van der Waals surface area (Å²) in [7, 11) is -3.74. The standard InChI is InChI=1S/C19H17N3O3S2/c20-27(24,25)15-6-7-17-14(11-15)9-10-22(17)19(23)12-26-18-8-5-13-3-1-2-4-16(13)21-18/h1-8,11H,9-10,12H2,(H2,20,24,25). The van der Waals surface area contributed by atoms with Crippen molar-refractivity contribution in [2.24, 2.45) is 5.14 Å². The summed E-state index contributed by atoms with van der Waals surface area (Å²) in [4.78, 5) is 19.0. The summed E-state index contributed by atoms with van der Waals surface area (Å²) < 4.78 is 23.0. The first-order valence-electron chi connectivity index (χ1n) is 8.36. The second-order valence-corrected chi connectivity index (χ2v) is 8.82. The Morgan fingerprint density at radius 2 is 1.96 bits per heavy atom. The molecule has 1 aliphatic rings. The lowest BCUT2D eigenvalue weighted by Gasteiger charge is -2.17. The fourth-order valence-electron chi connectivity index (χ4n) is 3.16. The number of nitrogens with zero attached hydrogens (tertiary/aromatic N) is 2. The lowest BCUT2D eigenvalue weighted by Crippen LogP contribution is -2.30. The number of fused-ring (bicyclic) bond motifs is 2. The Balaban J connectivity index is 1.48. The highest BCUT2D eigenvalue weighted by atomic mass is 32.2. The van der Waals surface area contributed by atoms with Crippen LogP contribution in [0.15, 0.2) is 64.5 Å². The van der Waals surface area contributed by atoms with Gasteiger partial charge >= 0.3 is 0 Å². The van der Waals surface area contributed by atoms with E-state index in [-0.39, 0.29) is 16.6 Å². The number of primary sulfonamides is 1. The fourth-order valence-corrected chi connectivity index (χ4v) is 4.47. The van der Waals surface area contributed by atoms with E-state index in [9.17, 15) is 13.2 Å². The molecule has 0 aliphatic carbocycles. The van der Waals surface area contributed by atoms with Crippen molar-refractivity contribution in [1.82, 2.24) is 4.98 Å². The minimum atomic E-state index is -3.74. The zero-order valence-electron chi connectivity index (χ0n) is 14.3. The Kier molecular flexibility index (Phi) is 4.63. The minimum absolute atomic E-state index is 0.0305. The van der Waals surface area contributed by atoms with Crippen molar-refractivity contribution >= 4 is 44.3 Å². The van der Waals surface area contributed by atoms with Crippen LogP contribution in [0.1, 0.15) is 5.56 Å². The van der Waals surface area contributed by atoms with E-state index < -0.39 is 10.0 Å². The molecule has 2 heterocycles. The SMILES string of the molecule is NS(=O)(=O)c1ccc2c(c1)CCN2C(=O)CSc1ccc2ccccc2n1. The van der Waals surface area contributed by atoms with Gasteiger partial charge < -0.3 is 4.90 Å². The van der Waals surface area contributed by atoms with Crippen LogP contribution in [0, 0.1) is 0 Å². The number of sulfonamides is 1. The van der Waals surface area contributed by atoms with Crippen LogP contribution < -0.4 is 10.0 Å². The highest BCUT2D eigenvalue weighted by molar-refractivity contribution is 7.99. The van der Waals surface area contributed by atoms with E-state index >= 15 is 0 Å². The number of aromatic nitrogens is 1. The largest absolute Gasteiger partial charge is 0.311 e. The predicted octanol–water partition coefficient (Wildman–Crippen LogP) is 2.56. The Morgan fingerprint density at radius 1 is 1.15 bits per heavy atom. The maximum absolute atomic E-state index is 12.7. The second kappa shape index (κ2) is 6.95. The third-order valence-electron chi connectivity index (χ3n) is 4.49. The lowest BCUT2D eigenvalue weighted by molar-refractivity contribution is -0.116. The number of anilines is 1. The quantitative estimate of drug-likeness (QED) is 0.681. The van der Waals surface area contributed by atoms with E-state index in [0.717, 1.165) is 27.2 Å². The average molecular weight is 399 g/mol. The second-order valence-electron chi connectivity index (χ2n) is 6.26. The maximum atomic E-state index is 12.7. The number of carbonyl (C=O) groups is 1. The van der Waals surface area contributed by atoms with Gasteiger partial charge in [0.15, 0.2) is 0 Å². The van der Waals surface area contributed by atoms with Crippen LogP contribution in [0.3, 0.4) is 0 Å². The molecule has 2 N–H and O–H groups in total. The lowest BCUT2D eigenvalue weighted by atomic mass is 10.2. The van der Waals surface area contributed by atoms with Gasteiger partial charge in [0.2, 0.25) is 15.9 Å². The maximum Gasteiger partial charge on any atom is 0.238 e. The first-order chi connectivity index (χ1) is 12.9. The Labute approximate surface area is 161 Å². The molecule has 1 amide bonds. The summed E-state index contributed by atoms with van der Waals surface area (Å²) in [5.74, 6) is 0.235. The van der Waals surface area contributed by atoms with Gasteiger partial charge in [-0.15, -0.1) is 0 Å². The molecule has 0 spiro atoms. The average Bonchev–Trinajstić information content (AvgIpc) is 3.08. The minimum Gasteiger partial charge on any atom is -0.311 e. The number of benzene rings is 2. The van der Waals surface area contributed by atoms with Crippen LogP contribution in [0.5, 0.6) is 0 Å². The monoisotopic (exact) mass is 399 g/mol. The summed E-state index contributed by atoms with van der Waals surface area (Å²) in [6.45, 7) is 0.536. The molecule has 1 aliphatic heterocycles. The van der Waals surface area contributed by atoms with Gasteiger partial charge in [0.05, 0.1) is 21.2 Å². The zero-order chi connectivity index (χ0) is 19.0. The molecule has 0 unspecified atom stereocenters. The van der Waals surface area contributed by atoms with Crippen molar-refractivity contribution in [2.45, 2.75) is 16.3 Å². The molecule has 3 aromatic rings. The van der Waals surface area contributed by atoms with E-state index in [1.54, 1.807) is 17.0 Å². The number of amides is 1. The molecule has 8 heteroatoms. The van der Waals surface area contributed by atoms with Crippen LogP contribution in [-0.2, 0) is 21.2 Å². The fraction of sp³-hybridized carbons (Fsp3) is 0.158. The van der Waals surface area contributed by atoms with Gasteiger partial charge in [-0.25, -0.2) is 18.5 Å². The van der Waals surface area contributed by atoms with Crippen LogP contribution in [0.4, 0.5) is 5.69 Å². The number of hydrogen-bond acceptors (Lipinski definition) is 5. The molecule has 0 atom stereocenters. The molecule has 0 fully saturated rings. The molecule has 0 bridgehead atoms. The number of nitrogens with two attached hydrogens (primary N) is 1. The van der Waals surface area contributed by atoms with Crippen molar-refractivity contribution in [3.05, 3.63) is 60.2 Å². The molecule has 1 aromatic heterocycles. The van der Waals surface area contributed by atoms with Gasteiger partial charge in [-0.05, 0) is 42.3 Å². The zero-order valence-corrected chi connectivity index (χ0v) is 16.0. The predicted molar refractivity (Wildman–Crippen MR) is 106 cm³/mol. The molecule has 6 nitrogen and oxygen atoms in total. The first kappa shape index (κ1) is 18.0. The van der Waals surface area contributed by atoms with Crippen LogP contribution in [-0.4, -0.2) is 31.6 Å². The summed E-state index contributed by atoms with van der Waals surface area (Å²) in [5, 5.41) is 7.04. The molecule has 0 radical (unpaired) electrons. The van der Waals surface area contributed by atoms with E-state index in [0.29, 0.717) is 13.0 Å². The van der Waals surface area contributed by atoms with Gasteiger partial charge in [0.25, 0.3) is 0 Å². The van der Waals surface area contributed by atoms with Gasteiger partial charge in [0.1, 0.15) is 0 Å². The number of para-hydroxylation sites is 1. The number of rotatable bonds is 4. The Hall–Kier alpha value is -2.42. The molecule has 138 valence electrons. The Bertz CT molecular complexity index is 1150. The molecule has 27 heavy (non-hydrogen) atoms. The summed E-state index contributed by atoms with van der Waals surface area (Å²) >= 11 is 1.39. The summed E-state index contributed by atoms with van der Waals surface area (Å²) in [6.07, 6.45) is 0.614. The molecule has 2 aromatic carbocycles. The Morgan fingerprint density at radius 3 is 2.78 bits per heavy atom. The van der Waals surface area contributed by atoms with Crippen molar-refractivity contribution < 1.29 is 13.2 Å². The number of hydrogen-bond donors (Lipinski definition) is 1. The molecular formula is C19H17N3O3S2. The van der Waals surface area contributed by atoms with Crippen molar-refractivity contribution in [2.75, 3.05) is 17.2 Å². The van der Waals surface area contributed by atoms with E-state index in [4.69, 9.17) is 5.14 Å². The van der Waals surface area contributed by atoms with Crippen LogP contribution >= 0.6 is 11.8 Å². The van der Waals surface area contributed by atoms with Crippen molar-refractivity contribution in [1.29, 1.82) is 0 Å². The number of carbonyl (C=O) groups excluding carboxylic acids is 1. The van der Waals surface area contributed by atoms with Gasteiger partial charge in [-0.2, -0.15) is 0 Å². The number of thioether (sulfide) groups is 1. The summed E-state index contributed by atoms with van der Waals surface area (Å²) in [5.41, 5.74) is 2.47. The molecule has 0 saturated heterocycles. The first-order valence-corrected chi connectivity index (χ1v) is 10.9. The molecule has 0 saturated carbocycles. The molecule has 4 rings (SSSR count). The molecular weight excluding hydrogens is 382 g/mol. The third-order valence-corrected chi connectivity index (χ3v) is 6.32. The van der Waals surface area contributed by atoms with Crippen LogP contribution in [0.25, 0.3) is 10.9 Å². The van der Waals surface area contributed by atoms with Crippen LogP contribution in [0.2, 0.25) is 0 Å². The van der Waals surface area contributed by atoms with E-state index in [2.05, 4.69) is 4.98 Å². The van der Waals surface area contributed by atoms with E-state index in [1.807, 2.05) is 36.4 Å².